The molecule has 1 saturated heterocycles. The Balaban J connectivity index is 1.89. The van der Waals surface area contributed by atoms with Gasteiger partial charge in [-0.15, -0.1) is 11.8 Å². The van der Waals surface area contributed by atoms with E-state index in [9.17, 15) is 9.59 Å². The van der Waals surface area contributed by atoms with Gasteiger partial charge in [0.1, 0.15) is 5.54 Å². The number of carboxylic acids is 1. The summed E-state index contributed by atoms with van der Waals surface area (Å²) in [6.07, 6.45) is 4.27. The van der Waals surface area contributed by atoms with Crippen LogP contribution in [-0.4, -0.2) is 33.5 Å². The van der Waals surface area contributed by atoms with Gasteiger partial charge in [0.05, 0.1) is 5.25 Å². The molecule has 1 atom stereocenters. The van der Waals surface area contributed by atoms with Gasteiger partial charge in [0.25, 0.3) is 0 Å². The first-order chi connectivity index (χ1) is 7.14. The fourth-order valence-corrected chi connectivity index (χ4v) is 2.98. The van der Waals surface area contributed by atoms with Crippen LogP contribution in [0.4, 0.5) is 0 Å². The van der Waals surface area contributed by atoms with Crippen LogP contribution in [0.3, 0.4) is 0 Å². The van der Waals surface area contributed by atoms with E-state index < -0.39 is 11.5 Å². The van der Waals surface area contributed by atoms with Crippen LogP contribution in [0, 0.1) is 0 Å². The fourth-order valence-electron chi connectivity index (χ4n) is 1.78. The molecule has 1 heterocycles. The van der Waals surface area contributed by atoms with Crippen molar-refractivity contribution >= 4 is 23.6 Å². The minimum atomic E-state index is -0.922. The fraction of sp³-hybridized carbons (Fsp3) is 0.800. The number of nitrogens with one attached hydrogen (secondary N) is 1. The quantitative estimate of drug-likeness (QED) is 0.758. The molecule has 1 saturated carbocycles. The largest absolute Gasteiger partial charge is 0.480 e. The highest BCUT2D eigenvalue weighted by Crippen LogP contribution is 2.36. The summed E-state index contributed by atoms with van der Waals surface area (Å²) in [6.45, 7) is 0. The Hall–Kier alpha value is -0.710. The van der Waals surface area contributed by atoms with Gasteiger partial charge in [-0.25, -0.2) is 4.79 Å². The van der Waals surface area contributed by atoms with Crippen LogP contribution < -0.4 is 5.32 Å². The van der Waals surface area contributed by atoms with Crippen molar-refractivity contribution in [2.24, 2.45) is 0 Å². The highest BCUT2D eigenvalue weighted by atomic mass is 32.2. The molecule has 15 heavy (non-hydrogen) atoms. The summed E-state index contributed by atoms with van der Waals surface area (Å²) in [4.78, 5) is 22.6. The number of carbonyl (C=O) groups excluding carboxylic acids is 1. The van der Waals surface area contributed by atoms with Gasteiger partial charge in [-0.05, 0) is 31.4 Å². The zero-order valence-corrected chi connectivity index (χ0v) is 9.31. The Morgan fingerprint density at radius 1 is 1.33 bits per heavy atom. The number of thioether (sulfide) groups is 1. The van der Waals surface area contributed by atoms with Gasteiger partial charge in [-0.2, -0.15) is 0 Å². The highest BCUT2D eigenvalue weighted by molar-refractivity contribution is 8.00. The lowest BCUT2D eigenvalue weighted by molar-refractivity contribution is -0.143. The molecule has 4 nitrogen and oxygen atoms in total. The van der Waals surface area contributed by atoms with E-state index in [2.05, 4.69) is 5.32 Å². The second-order valence-electron chi connectivity index (χ2n) is 4.23. The van der Waals surface area contributed by atoms with E-state index in [0.29, 0.717) is 12.8 Å². The number of hydrogen-bond donors (Lipinski definition) is 2. The third-order valence-electron chi connectivity index (χ3n) is 2.99. The van der Waals surface area contributed by atoms with Crippen molar-refractivity contribution in [1.82, 2.24) is 5.32 Å². The Kier molecular flexibility index (Phi) is 2.91. The molecule has 84 valence electrons. The topological polar surface area (TPSA) is 66.4 Å². The zero-order valence-electron chi connectivity index (χ0n) is 8.49. The maximum absolute atomic E-state index is 11.8. The first-order valence-electron chi connectivity index (χ1n) is 5.31. The number of rotatable bonds is 3. The average molecular weight is 229 g/mol. The Bertz CT molecular complexity index is 282. The summed E-state index contributed by atoms with van der Waals surface area (Å²) in [5, 5.41) is 11.6. The lowest BCUT2D eigenvalue weighted by Crippen LogP contribution is -2.47. The predicted molar refractivity (Wildman–Crippen MR) is 57.8 cm³/mol. The molecule has 1 aliphatic heterocycles. The van der Waals surface area contributed by atoms with Crippen LogP contribution in [0.2, 0.25) is 0 Å². The molecular weight excluding hydrogens is 214 g/mol. The smallest absolute Gasteiger partial charge is 0.329 e. The number of carboxylic acid groups (broad SMARTS) is 1. The van der Waals surface area contributed by atoms with E-state index in [1.54, 1.807) is 11.8 Å². The minimum Gasteiger partial charge on any atom is -0.480 e. The van der Waals surface area contributed by atoms with Gasteiger partial charge in [0.2, 0.25) is 5.91 Å². The molecule has 2 N–H and O–H groups in total. The number of carbonyl (C=O) groups is 2. The average Bonchev–Trinajstić information content (AvgIpc) is 3.00. The van der Waals surface area contributed by atoms with Gasteiger partial charge in [0.15, 0.2) is 0 Å². The monoisotopic (exact) mass is 229 g/mol. The maximum Gasteiger partial charge on any atom is 0.329 e. The summed E-state index contributed by atoms with van der Waals surface area (Å²) in [5.41, 5.74) is -0.922. The van der Waals surface area contributed by atoms with Crippen LogP contribution in [0.15, 0.2) is 0 Å². The Morgan fingerprint density at radius 3 is 2.53 bits per heavy atom. The van der Waals surface area contributed by atoms with Crippen molar-refractivity contribution in [2.75, 3.05) is 5.75 Å². The molecule has 2 aliphatic rings. The van der Waals surface area contributed by atoms with Gasteiger partial charge in [0, 0.05) is 0 Å². The van der Waals surface area contributed by atoms with E-state index >= 15 is 0 Å². The van der Waals surface area contributed by atoms with Crippen molar-refractivity contribution in [1.29, 1.82) is 0 Å². The molecule has 0 spiro atoms. The molecule has 1 aliphatic carbocycles. The predicted octanol–water partition coefficient (Wildman–Crippen LogP) is 1.01. The maximum atomic E-state index is 11.8. The van der Waals surface area contributed by atoms with Crippen LogP contribution in [0.1, 0.15) is 32.1 Å². The second kappa shape index (κ2) is 4.04. The third-order valence-corrected chi connectivity index (χ3v) is 4.37. The number of amides is 1. The molecule has 0 aromatic heterocycles. The first kappa shape index (κ1) is 10.8. The van der Waals surface area contributed by atoms with E-state index in [0.717, 1.165) is 18.6 Å². The third kappa shape index (κ3) is 2.27. The Morgan fingerprint density at radius 2 is 2.07 bits per heavy atom. The normalized spacial score (nSPS) is 28.1. The summed E-state index contributed by atoms with van der Waals surface area (Å²) in [5.74, 6) is 0.0364. The van der Waals surface area contributed by atoms with Crippen molar-refractivity contribution in [3.63, 3.8) is 0 Å². The SMILES string of the molecule is O=C(NC1(C(=O)O)CC1)C1CCCCS1. The van der Waals surface area contributed by atoms with Crippen LogP contribution in [0.5, 0.6) is 0 Å². The molecule has 0 aromatic carbocycles. The molecule has 2 fully saturated rings. The highest BCUT2D eigenvalue weighted by Gasteiger charge is 2.52. The molecule has 0 bridgehead atoms. The minimum absolute atomic E-state index is 0.0319. The van der Waals surface area contributed by atoms with Gasteiger partial charge in [-0.1, -0.05) is 6.42 Å². The van der Waals surface area contributed by atoms with Crippen LogP contribution >= 0.6 is 11.8 Å². The van der Waals surface area contributed by atoms with E-state index in [1.807, 2.05) is 0 Å². The van der Waals surface area contributed by atoms with Crippen molar-refractivity contribution in [3.8, 4) is 0 Å². The number of aliphatic carboxylic acids is 1. The summed E-state index contributed by atoms with van der Waals surface area (Å²) in [7, 11) is 0. The summed E-state index contributed by atoms with van der Waals surface area (Å²) >= 11 is 1.65. The van der Waals surface area contributed by atoms with E-state index in [1.165, 1.54) is 6.42 Å². The van der Waals surface area contributed by atoms with Crippen molar-refractivity contribution < 1.29 is 14.7 Å². The standard InChI is InChI=1S/C10H15NO3S/c12-8(7-3-1-2-6-15-7)11-10(4-5-10)9(13)14/h7H,1-6H2,(H,11,12)(H,13,14). The van der Waals surface area contributed by atoms with Gasteiger partial charge >= 0.3 is 5.97 Å². The van der Waals surface area contributed by atoms with Crippen LogP contribution in [0.25, 0.3) is 0 Å². The molecule has 1 amide bonds. The Labute approximate surface area is 92.8 Å². The molecule has 0 aromatic rings. The first-order valence-corrected chi connectivity index (χ1v) is 6.36. The molecule has 2 rings (SSSR count). The van der Waals surface area contributed by atoms with Crippen molar-refractivity contribution in [2.45, 2.75) is 42.9 Å². The molecule has 0 radical (unpaired) electrons. The number of hydrogen-bond acceptors (Lipinski definition) is 3. The van der Waals surface area contributed by atoms with Gasteiger partial charge in [-0.3, -0.25) is 4.79 Å². The second-order valence-corrected chi connectivity index (χ2v) is 5.54. The van der Waals surface area contributed by atoms with Gasteiger partial charge < -0.3 is 10.4 Å². The van der Waals surface area contributed by atoms with E-state index in [-0.39, 0.29) is 11.2 Å². The lowest BCUT2D eigenvalue weighted by Gasteiger charge is -2.22. The molecule has 1 unspecified atom stereocenters. The lowest BCUT2D eigenvalue weighted by atomic mass is 10.1. The summed E-state index contributed by atoms with van der Waals surface area (Å²) < 4.78 is 0. The molecular formula is C10H15NO3S. The van der Waals surface area contributed by atoms with E-state index in [4.69, 9.17) is 5.11 Å². The van der Waals surface area contributed by atoms with Crippen LogP contribution in [-0.2, 0) is 9.59 Å². The zero-order chi connectivity index (χ0) is 10.9. The molecule has 5 heteroatoms. The van der Waals surface area contributed by atoms with Crippen molar-refractivity contribution in [3.05, 3.63) is 0 Å². The summed E-state index contributed by atoms with van der Waals surface area (Å²) in [6, 6.07) is 0.